The number of carbonyl (C=O) groups is 2. The molecule has 3 rings (SSSR count). The van der Waals surface area contributed by atoms with Crippen molar-refractivity contribution in [2.45, 2.75) is 139 Å². The van der Waals surface area contributed by atoms with Crippen LogP contribution in [0.5, 0.6) is 0 Å². The smallest absolute Gasteiger partial charge is 0.393 e. The van der Waals surface area contributed by atoms with E-state index in [9.17, 15) is 22.8 Å². The highest BCUT2D eigenvalue weighted by Crippen LogP contribution is 2.44. The van der Waals surface area contributed by atoms with Crippen LogP contribution in [0.1, 0.15) is 122 Å². The second kappa shape index (κ2) is 24.3. The fourth-order valence-electron chi connectivity index (χ4n) is 7.12. The van der Waals surface area contributed by atoms with Gasteiger partial charge in [0.05, 0.1) is 19.1 Å². The average molecular weight is 737 g/mol. The van der Waals surface area contributed by atoms with Gasteiger partial charge in [0.25, 0.3) is 0 Å². The summed E-state index contributed by atoms with van der Waals surface area (Å²) in [5.41, 5.74) is 0. The van der Waals surface area contributed by atoms with Gasteiger partial charge in [-0.2, -0.15) is 36.7 Å². The van der Waals surface area contributed by atoms with Crippen LogP contribution in [0, 0.1) is 53.3 Å². The first-order valence-corrected chi connectivity index (χ1v) is 21.2. The molecule has 4 nitrogen and oxygen atoms in total. The summed E-state index contributed by atoms with van der Waals surface area (Å²) in [5.74, 6) is 13.0. The molecule has 0 N–H and O–H groups in total. The number of thioether (sulfide) groups is 2. The lowest BCUT2D eigenvalue weighted by Gasteiger charge is -2.33. The molecule has 280 valence electrons. The maximum Gasteiger partial charge on any atom is 0.393 e. The summed E-state index contributed by atoms with van der Waals surface area (Å²) in [7, 11) is 0. The van der Waals surface area contributed by atoms with Crippen LogP contribution in [0.25, 0.3) is 0 Å². The van der Waals surface area contributed by atoms with Crippen molar-refractivity contribution in [1.29, 1.82) is 0 Å². The van der Waals surface area contributed by atoms with Gasteiger partial charge in [0.2, 0.25) is 0 Å². The summed E-state index contributed by atoms with van der Waals surface area (Å²) in [5, 5.41) is 1.28. The van der Waals surface area contributed by atoms with Crippen LogP contribution >= 0.6 is 23.5 Å². The molecule has 0 bridgehead atoms. The molecular formula is C41H59F3O4S2. The number of rotatable bonds is 18. The lowest BCUT2D eigenvalue weighted by molar-refractivity contribution is -0.192. The van der Waals surface area contributed by atoms with Crippen LogP contribution in [0.2, 0.25) is 0 Å². The van der Waals surface area contributed by atoms with Crippen LogP contribution in [0.3, 0.4) is 0 Å². The Labute approximate surface area is 308 Å². The van der Waals surface area contributed by atoms with Crippen LogP contribution in [0.15, 0.2) is 25.3 Å². The molecule has 0 spiro atoms. The van der Waals surface area contributed by atoms with Gasteiger partial charge >= 0.3 is 18.1 Å². The predicted octanol–water partition coefficient (Wildman–Crippen LogP) is 10.8. The maximum absolute atomic E-state index is 14.2. The van der Waals surface area contributed by atoms with Crippen molar-refractivity contribution in [2.75, 3.05) is 24.7 Å². The van der Waals surface area contributed by atoms with Gasteiger partial charge in [-0.25, -0.2) is 9.59 Å². The van der Waals surface area contributed by atoms with E-state index in [0.29, 0.717) is 42.5 Å². The zero-order valence-corrected chi connectivity index (χ0v) is 31.6. The van der Waals surface area contributed by atoms with Gasteiger partial charge in [0, 0.05) is 46.3 Å². The Hall–Kier alpha value is -1.97. The minimum Gasteiger partial charge on any atom is -0.463 e. The van der Waals surface area contributed by atoms with E-state index in [2.05, 4.69) is 36.8 Å². The summed E-state index contributed by atoms with van der Waals surface area (Å²) in [6.45, 7) is 7.70. The molecule has 3 atom stereocenters. The standard InChI is InChI=1S/C41H59F3O4S2/c1-3-39(45)47-27-9-5-7-11-29-49-36-23-17-32(18-24-36)13-14-34-16-22-35(38(31-34)41(42,43)44)21-15-33-19-25-37(26-20-33)50-30-12-8-6-10-28-48-40(46)4-2/h3-4,32-38H,1-2,5-12,16-20,22-31H2. The summed E-state index contributed by atoms with van der Waals surface area (Å²) < 4.78 is 52.6. The number of hydrogen-bond acceptors (Lipinski definition) is 6. The van der Waals surface area contributed by atoms with E-state index in [0.717, 1.165) is 114 Å². The molecule has 9 heteroatoms. The van der Waals surface area contributed by atoms with Gasteiger partial charge < -0.3 is 9.47 Å². The largest absolute Gasteiger partial charge is 0.463 e. The Morgan fingerprint density at radius 2 is 1.02 bits per heavy atom. The van der Waals surface area contributed by atoms with Gasteiger partial charge in [0.15, 0.2) is 0 Å². The number of esters is 2. The molecule has 0 aromatic rings. The highest BCUT2D eigenvalue weighted by molar-refractivity contribution is 8.00. The van der Waals surface area contributed by atoms with E-state index < -0.39 is 18.0 Å². The number of alkyl halides is 3. The molecule has 0 amide bonds. The van der Waals surface area contributed by atoms with Crippen molar-refractivity contribution in [3.05, 3.63) is 25.3 Å². The Balaban J connectivity index is 1.29. The zero-order valence-electron chi connectivity index (χ0n) is 30.0. The van der Waals surface area contributed by atoms with Gasteiger partial charge in [-0.3, -0.25) is 0 Å². The molecule has 3 fully saturated rings. The predicted molar refractivity (Wildman–Crippen MR) is 202 cm³/mol. The third-order valence-electron chi connectivity index (χ3n) is 10.2. The van der Waals surface area contributed by atoms with E-state index >= 15 is 0 Å². The topological polar surface area (TPSA) is 52.6 Å². The van der Waals surface area contributed by atoms with E-state index in [4.69, 9.17) is 9.47 Å². The summed E-state index contributed by atoms with van der Waals surface area (Å²) in [6, 6.07) is 0. The first-order chi connectivity index (χ1) is 24.2. The fraction of sp³-hybridized carbons (Fsp3) is 0.756. The summed E-state index contributed by atoms with van der Waals surface area (Å²) >= 11 is 4.07. The van der Waals surface area contributed by atoms with E-state index in [1.165, 1.54) is 12.2 Å². The second-order valence-electron chi connectivity index (χ2n) is 14.1. The van der Waals surface area contributed by atoms with Crippen molar-refractivity contribution in [3.8, 4) is 23.7 Å². The van der Waals surface area contributed by atoms with Crippen LogP contribution in [0.4, 0.5) is 13.2 Å². The monoisotopic (exact) mass is 736 g/mol. The lowest BCUT2D eigenvalue weighted by Crippen LogP contribution is -2.35. The molecule has 50 heavy (non-hydrogen) atoms. The quantitative estimate of drug-likeness (QED) is 0.0604. The SMILES string of the molecule is C=CC(=O)OCCCCCCSC1CCC(C#CC2CCC(C#CC3CCC(SCCCCCCOC(=O)C=C)CC3)C(C(F)(F)F)C2)CC1. The van der Waals surface area contributed by atoms with Gasteiger partial charge in [-0.15, -0.1) is 0 Å². The highest BCUT2D eigenvalue weighted by atomic mass is 32.2. The average Bonchev–Trinajstić information content (AvgIpc) is 3.12. The van der Waals surface area contributed by atoms with E-state index in [1.807, 2.05) is 23.5 Å². The number of hydrogen-bond donors (Lipinski definition) is 0. The lowest BCUT2D eigenvalue weighted by atomic mass is 9.73. The van der Waals surface area contributed by atoms with Crippen LogP contribution in [-0.4, -0.2) is 53.3 Å². The number of carbonyl (C=O) groups excluding carboxylic acids is 2. The number of unbranched alkanes of at least 4 members (excludes halogenated alkanes) is 6. The molecule has 3 aliphatic rings. The van der Waals surface area contributed by atoms with Crippen molar-refractivity contribution in [1.82, 2.24) is 0 Å². The van der Waals surface area contributed by atoms with Crippen molar-refractivity contribution < 1.29 is 32.2 Å². The maximum atomic E-state index is 14.2. The molecule has 0 heterocycles. The normalized spacial score (nSPS) is 26.7. The van der Waals surface area contributed by atoms with Crippen molar-refractivity contribution >= 4 is 35.5 Å². The molecule has 3 aliphatic carbocycles. The zero-order chi connectivity index (χ0) is 36.0. The molecule has 0 aromatic heterocycles. The minimum atomic E-state index is -4.24. The number of halogens is 3. The molecule has 0 saturated heterocycles. The molecule has 3 saturated carbocycles. The summed E-state index contributed by atoms with van der Waals surface area (Å²) in [6.07, 6.45) is 16.3. The third kappa shape index (κ3) is 17.5. The molecular weight excluding hydrogens is 678 g/mol. The van der Waals surface area contributed by atoms with Crippen molar-refractivity contribution in [3.63, 3.8) is 0 Å². The second-order valence-corrected chi connectivity index (χ2v) is 16.9. The molecule has 0 aromatic carbocycles. The highest BCUT2D eigenvalue weighted by Gasteiger charge is 2.47. The fourth-order valence-corrected chi connectivity index (χ4v) is 9.74. The molecule has 0 aliphatic heterocycles. The first-order valence-electron chi connectivity index (χ1n) is 19.1. The van der Waals surface area contributed by atoms with Crippen LogP contribution < -0.4 is 0 Å². The van der Waals surface area contributed by atoms with Crippen LogP contribution in [-0.2, 0) is 19.1 Å². The first kappa shape index (κ1) is 42.4. The van der Waals surface area contributed by atoms with Gasteiger partial charge in [0.1, 0.15) is 0 Å². The Bertz CT molecular complexity index is 1150. The third-order valence-corrected chi connectivity index (χ3v) is 13.1. The Morgan fingerprint density at radius 3 is 1.48 bits per heavy atom. The van der Waals surface area contributed by atoms with E-state index in [-0.39, 0.29) is 30.2 Å². The van der Waals surface area contributed by atoms with E-state index in [1.54, 1.807) is 0 Å². The molecule has 3 unspecified atom stereocenters. The summed E-state index contributed by atoms with van der Waals surface area (Å²) in [4.78, 5) is 22.1. The Morgan fingerprint density at radius 1 is 0.600 bits per heavy atom. The van der Waals surface area contributed by atoms with Gasteiger partial charge in [-0.05, 0) is 108 Å². The Kier molecular flexibility index (Phi) is 20.6. The minimum absolute atomic E-state index is 0.0844. The van der Waals surface area contributed by atoms with Crippen molar-refractivity contribution in [2.24, 2.45) is 29.6 Å². The molecule has 0 radical (unpaired) electrons. The number of ether oxygens (including phenoxy) is 2. The van der Waals surface area contributed by atoms with Gasteiger partial charge in [-0.1, -0.05) is 62.5 Å².